The third-order valence-electron chi connectivity index (χ3n) is 6.26. The maximum atomic E-state index is 11.7. The Bertz CT molecular complexity index is 1290. The number of carbonyl (C=O) groups is 1. The summed E-state index contributed by atoms with van der Waals surface area (Å²) in [6, 6.07) is 17.6. The second kappa shape index (κ2) is 9.62. The molecule has 0 radical (unpaired) electrons. The number of benzene rings is 2. The number of rotatable bonds is 8. The molecule has 34 heavy (non-hydrogen) atoms. The number of aryl methyl sites for hydroxylation is 1. The number of nitrogens with zero attached hydrogens (tertiary/aromatic N) is 4. The van der Waals surface area contributed by atoms with E-state index >= 15 is 0 Å². The monoisotopic (exact) mass is 457 g/mol. The predicted molar refractivity (Wildman–Crippen MR) is 127 cm³/mol. The molecule has 2 N–H and O–H groups in total. The van der Waals surface area contributed by atoms with Crippen molar-refractivity contribution >= 4 is 5.91 Å². The van der Waals surface area contributed by atoms with Gasteiger partial charge in [-0.25, -0.2) is 5.48 Å². The first-order valence-electron chi connectivity index (χ1n) is 11.4. The van der Waals surface area contributed by atoms with Crippen molar-refractivity contribution in [1.82, 2.24) is 25.0 Å². The molecule has 174 valence electrons. The minimum atomic E-state index is -0.524. The highest BCUT2D eigenvalue weighted by molar-refractivity contribution is 5.93. The quantitative estimate of drug-likeness (QED) is 0.313. The lowest BCUT2D eigenvalue weighted by Gasteiger charge is -2.13. The topological polar surface area (TPSA) is 94.2 Å². The van der Waals surface area contributed by atoms with Crippen LogP contribution >= 0.6 is 0 Å². The van der Waals surface area contributed by atoms with Crippen LogP contribution in [0, 0.1) is 0 Å². The molecule has 2 heterocycles. The molecular weight excluding hydrogens is 430 g/mol. The van der Waals surface area contributed by atoms with Gasteiger partial charge in [-0.05, 0) is 36.1 Å². The van der Waals surface area contributed by atoms with Crippen molar-refractivity contribution in [2.75, 3.05) is 13.7 Å². The number of ether oxygens (including phenoxy) is 1. The average molecular weight is 458 g/mol. The number of methoxy groups -OCH3 is 1. The van der Waals surface area contributed by atoms with Gasteiger partial charge in [0.05, 0.1) is 31.1 Å². The second-order valence-corrected chi connectivity index (χ2v) is 8.48. The van der Waals surface area contributed by atoms with Crippen LogP contribution in [0.5, 0.6) is 0 Å². The molecule has 0 saturated heterocycles. The average Bonchev–Trinajstić information content (AvgIpc) is 3.44. The molecule has 0 unspecified atom stereocenters. The highest BCUT2D eigenvalue weighted by Crippen LogP contribution is 2.35. The molecule has 2 aromatic carbocycles. The summed E-state index contributed by atoms with van der Waals surface area (Å²) in [4.78, 5) is 11.7. The first-order chi connectivity index (χ1) is 16.7. The Morgan fingerprint density at radius 2 is 1.85 bits per heavy atom. The van der Waals surface area contributed by atoms with Crippen molar-refractivity contribution in [2.45, 2.75) is 32.4 Å². The van der Waals surface area contributed by atoms with Crippen LogP contribution in [0.25, 0.3) is 11.3 Å². The van der Waals surface area contributed by atoms with Gasteiger partial charge in [0, 0.05) is 42.1 Å². The van der Waals surface area contributed by atoms with Crippen LogP contribution in [0.4, 0.5) is 0 Å². The van der Waals surface area contributed by atoms with E-state index in [0.29, 0.717) is 25.3 Å². The zero-order valence-electron chi connectivity index (χ0n) is 19.1. The summed E-state index contributed by atoms with van der Waals surface area (Å²) in [6.07, 6.45) is 4.67. The first kappa shape index (κ1) is 22.1. The Hall–Kier alpha value is -3.75. The fraction of sp³-hybridized carbons (Fsp3) is 0.269. The van der Waals surface area contributed by atoms with Crippen molar-refractivity contribution in [3.63, 3.8) is 0 Å². The molecule has 0 aliphatic heterocycles. The van der Waals surface area contributed by atoms with Gasteiger partial charge in [0.2, 0.25) is 0 Å². The lowest BCUT2D eigenvalue weighted by molar-refractivity contribution is 0.0706. The predicted octanol–water partition coefficient (Wildman–Crippen LogP) is 3.25. The van der Waals surface area contributed by atoms with E-state index in [2.05, 4.69) is 35.1 Å². The van der Waals surface area contributed by atoms with Gasteiger partial charge in [-0.15, -0.1) is 0 Å². The van der Waals surface area contributed by atoms with E-state index in [0.717, 1.165) is 41.8 Å². The Balaban J connectivity index is 1.52. The molecular formula is C26H27N5O3. The summed E-state index contributed by atoms with van der Waals surface area (Å²) in [5.74, 6) is -0.524. The van der Waals surface area contributed by atoms with Crippen LogP contribution < -0.4 is 5.48 Å². The molecule has 0 fully saturated rings. The Kier molecular flexibility index (Phi) is 6.24. The fourth-order valence-corrected chi connectivity index (χ4v) is 4.52. The third kappa shape index (κ3) is 4.37. The number of nitrogens with one attached hydrogen (secondary N) is 1. The van der Waals surface area contributed by atoms with Crippen LogP contribution in [0.2, 0.25) is 0 Å². The number of fused-ring (bicyclic) bond motifs is 3. The molecule has 0 bridgehead atoms. The smallest absolute Gasteiger partial charge is 0.274 e. The van der Waals surface area contributed by atoms with Gasteiger partial charge in [0.1, 0.15) is 0 Å². The van der Waals surface area contributed by atoms with Crippen molar-refractivity contribution in [1.29, 1.82) is 0 Å². The van der Waals surface area contributed by atoms with Gasteiger partial charge >= 0.3 is 0 Å². The first-order valence-corrected chi connectivity index (χ1v) is 11.4. The SMILES string of the molecule is COCCn1cc2c(n1)CCc1c-2nn(Cc2ccc(C(=O)NO)cc2)c1Cc1ccccc1. The summed E-state index contributed by atoms with van der Waals surface area (Å²) < 4.78 is 9.25. The van der Waals surface area contributed by atoms with E-state index in [1.165, 1.54) is 16.8 Å². The van der Waals surface area contributed by atoms with Crippen molar-refractivity contribution in [3.05, 3.63) is 94.4 Å². The van der Waals surface area contributed by atoms with E-state index in [-0.39, 0.29) is 0 Å². The highest BCUT2D eigenvalue weighted by atomic mass is 16.5. The zero-order chi connectivity index (χ0) is 23.5. The van der Waals surface area contributed by atoms with Gasteiger partial charge in [-0.1, -0.05) is 42.5 Å². The lowest BCUT2D eigenvalue weighted by Crippen LogP contribution is -2.18. The van der Waals surface area contributed by atoms with Gasteiger partial charge in [0.15, 0.2) is 0 Å². The van der Waals surface area contributed by atoms with Gasteiger partial charge in [-0.2, -0.15) is 10.2 Å². The largest absolute Gasteiger partial charge is 0.383 e. The summed E-state index contributed by atoms with van der Waals surface area (Å²) in [5.41, 5.74) is 10.0. The molecule has 8 nitrogen and oxygen atoms in total. The fourth-order valence-electron chi connectivity index (χ4n) is 4.52. The van der Waals surface area contributed by atoms with Gasteiger partial charge in [-0.3, -0.25) is 19.4 Å². The molecule has 1 amide bonds. The minimum Gasteiger partial charge on any atom is -0.383 e. The number of amides is 1. The number of hydroxylamine groups is 1. The highest BCUT2D eigenvalue weighted by Gasteiger charge is 2.27. The standard InChI is InChI=1S/C26H27N5O3/c1-34-14-13-30-17-22-23(27-30)12-11-21-24(15-18-5-3-2-4-6-18)31(28-25(21)22)16-19-7-9-20(10-8-19)26(32)29-33/h2-10,17,33H,11-16H2,1H3,(H,29,32). The molecule has 5 rings (SSSR count). The maximum Gasteiger partial charge on any atom is 0.274 e. The minimum absolute atomic E-state index is 0.406. The summed E-state index contributed by atoms with van der Waals surface area (Å²) in [6.45, 7) is 1.92. The molecule has 8 heteroatoms. The van der Waals surface area contributed by atoms with E-state index < -0.39 is 5.91 Å². The summed E-state index contributed by atoms with van der Waals surface area (Å²) in [7, 11) is 1.70. The Labute approximate surface area is 197 Å². The van der Waals surface area contributed by atoms with Gasteiger partial charge in [0.25, 0.3) is 5.91 Å². The normalized spacial score (nSPS) is 12.3. The summed E-state index contributed by atoms with van der Waals surface area (Å²) in [5, 5.41) is 18.7. The third-order valence-corrected chi connectivity index (χ3v) is 6.26. The molecule has 0 spiro atoms. The number of aromatic nitrogens is 4. The molecule has 1 aliphatic rings. The van der Waals surface area contributed by atoms with E-state index in [9.17, 15) is 4.79 Å². The molecule has 0 saturated carbocycles. The number of carbonyl (C=O) groups excluding carboxylic acids is 1. The van der Waals surface area contributed by atoms with E-state index in [1.54, 1.807) is 24.7 Å². The van der Waals surface area contributed by atoms with Crippen molar-refractivity contribution in [3.8, 4) is 11.3 Å². The molecule has 4 aromatic rings. The van der Waals surface area contributed by atoms with Crippen molar-refractivity contribution < 1.29 is 14.7 Å². The molecule has 0 atom stereocenters. The second-order valence-electron chi connectivity index (χ2n) is 8.48. The Morgan fingerprint density at radius 3 is 2.59 bits per heavy atom. The number of hydrogen-bond donors (Lipinski definition) is 2. The van der Waals surface area contributed by atoms with Crippen LogP contribution in [-0.2, 0) is 37.1 Å². The van der Waals surface area contributed by atoms with Crippen LogP contribution in [0.15, 0.2) is 60.8 Å². The maximum absolute atomic E-state index is 11.7. The number of hydrogen-bond acceptors (Lipinski definition) is 5. The van der Waals surface area contributed by atoms with E-state index in [1.807, 2.05) is 22.9 Å². The zero-order valence-corrected chi connectivity index (χ0v) is 19.1. The summed E-state index contributed by atoms with van der Waals surface area (Å²) >= 11 is 0. The lowest BCUT2D eigenvalue weighted by atomic mass is 9.92. The molecule has 1 aliphatic carbocycles. The van der Waals surface area contributed by atoms with Crippen LogP contribution in [-0.4, -0.2) is 44.4 Å². The van der Waals surface area contributed by atoms with E-state index in [4.69, 9.17) is 20.1 Å². The van der Waals surface area contributed by atoms with Crippen LogP contribution in [0.1, 0.15) is 38.4 Å². The van der Waals surface area contributed by atoms with Crippen molar-refractivity contribution in [2.24, 2.45) is 0 Å². The Morgan fingerprint density at radius 1 is 1.06 bits per heavy atom. The molecule has 2 aromatic heterocycles. The van der Waals surface area contributed by atoms with Crippen LogP contribution in [0.3, 0.4) is 0 Å². The van der Waals surface area contributed by atoms with Gasteiger partial charge < -0.3 is 4.74 Å².